The number of hydrogen-bond donors (Lipinski definition) is 1. The second-order valence-electron chi connectivity index (χ2n) is 8.05. The zero-order chi connectivity index (χ0) is 24.5. The average Bonchev–Trinajstić information content (AvgIpc) is 3.23. The van der Waals surface area contributed by atoms with Crippen LogP contribution in [0.1, 0.15) is 29.2 Å². The summed E-state index contributed by atoms with van der Waals surface area (Å²) in [5, 5.41) is 15.9. The number of carbonyl (C=O) groups is 1. The molecule has 1 atom stereocenters. The first kappa shape index (κ1) is 22.3. The molecule has 0 aliphatic carbocycles. The Morgan fingerprint density at radius 3 is 2.49 bits per heavy atom. The van der Waals surface area contributed by atoms with Gasteiger partial charge in [-0.25, -0.2) is 4.98 Å². The fourth-order valence-electron chi connectivity index (χ4n) is 4.33. The molecule has 0 radical (unpaired) electrons. The van der Waals surface area contributed by atoms with E-state index in [0.717, 1.165) is 28.1 Å². The summed E-state index contributed by atoms with van der Waals surface area (Å²) < 4.78 is 17.6. The number of hydrogen-bond acceptors (Lipinski definition) is 8. The van der Waals surface area contributed by atoms with Crippen molar-refractivity contribution in [3.05, 3.63) is 65.5 Å². The molecule has 10 heteroatoms. The first-order valence-corrected chi connectivity index (χ1v) is 11.0. The molecule has 0 fully saturated rings. The van der Waals surface area contributed by atoms with E-state index in [-0.39, 0.29) is 24.2 Å². The summed E-state index contributed by atoms with van der Waals surface area (Å²) in [5.74, 6) is 2.42. The molecule has 1 amide bonds. The van der Waals surface area contributed by atoms with Gasteiger partial charge in [0.1, 0.15) is 11.6 Å². The van der Waals surface area contributed by atoms with E-state index in [1.54, 1.807) is 27.5 Å². The molecule has 178 valence electrons. The first-order valence-electron chi connectivity index (χ1n) is 11.0. The molecule has 2 aromatic carbocycles. The molecule has 0 saturated carbocycles. The van der Waals surface area contributed by atoms with Crippen molar-refractivity contribution >= 4 is 11.7 Å². The van der Waals surface area contributed by atoms with E-state index in [1.807, 2.05) is 49.4 Å². The lowest BCUT2D eigenvalue weighted by Gasteiger charge is -2.24. The fraction of sp³-hybridized carbons (Fsp3) is 0.240. The second-order valence-corrected chi connectivity index (χ2v) is 8.05. The SMILES string of the molecule is COc1ccc(-c2cnnc(-n3nc(C)c4c3NC(=O)C[C@@H]4c3ccc(OC)c(OC)c3)n2)cc1. The standard InChI is InChI=1S/C25H24N6O4/c1-14-23-18(16-7-10-20(34-3)21(11-16)35-4)12-22(32)28-24(23)31(30-14)25-27-19(13-26-29-25)15-5-8-17(33-2)9-6-15/h5-11,13,18H,12H2,1-4H3,(H,28,32)/t18-/m1/s1. The van der Waals surface area contributed by atoms with Crippen LogP contribution in [0, 0.1) is 6.92 Å². The van der Waals surface area contributed by atoms with Crippen LogP contribution in [0.15, 0.2) is 48.7 Å². The fourth-order valence-corrected chi connectivity index (χ4v) is 4.33. The van der Waals surface area contributed by atoms with E-state index in [4.69, 9.17) is 14.2 Å². The largest absolute Gasteiger partial charge is 0.497 e. The van der Waals surface area contributed by atoms with E-state index < -0.39 is 0 Å². The number of nitrogens with one attached hydrogen (secondary N) is 1. The Kier molecular flexibility index (Phi) is 5.77. The van der Waals surface area contributed by atoms with Crippen LogP contribution in [-0.2, 0) is 4.79 Å². The van der Waals surface area contributed by atoms with Gasteiger partial charge in [0, 0.05) is 23.5 Å². The predicted molar refractivity (Wildman–Crippen MR) is 128 cm³/mol. The lowest BCUT2D eigenvalue weighted by molar-refractivity contribution is -0.116. The summed E-state index contributed by atoms with van der Waals surface area (Å²) in [6.45, 7) is 1.90. The third-order valence-electron chi connectivity index (χ3n) is 6.04. The number of aryl methyl sites for hydroxylation is 1. The Balaban J connectivity index is 1.58. The predicted octanol–water partition coefficient (Wildman–Crippen LogP) is 3.53. The van der Waals surface area contributed by atoms with Crippen molar-refractivity contribution in [1.29, 1.82) is 0 Å². The molecule has 0 spiro atoms. The maximum absolute atomic E-state index is 12.8. The van der Waals surface area contributed by atoms with Crippen molar-refractivity contribution in [1.82, 2.24) is 25.0 Å². The third-order valence-corrected chi connectivity index (χ3v) is 6.04. The van der Waals surface area contributed by atoms with E-state index in [0.29, 0.717) is 23.0 Å². The number of benzene rings is 2. The van der Waals surface area contributed by atoms with Gasteiger partial charge in [-0.15, -0.1) is 5.10 Å². The van der Waals surface area contributed by atoms with Crippen LogP contribution in [0.2, 0.25) is 0 Å². The quantitative estimate of drug-likeness (QED) is 0.453. The van der Waals surface area contributed by atoms with Gasteiger partial charge < -0.3 is 19.5 Å². The molecule has 1 aliphatic rings. The van der Waals surface area contributed by atoms with Crippen molar-refractivity contribution in [3.63, 3.8) is 0 Å². The van der Waals surface area contributed by atoms with Crippen LogP contribution in [0.5, 0.6) is 17.2 Å². The molecule has 2 aromatic heterocycles. The zero-order valence-electron chi connectivity index (χ0n) is 19.8. The van der Waals surface area contributed by atoms with Crippen molar-refractivity contribution in [2.45, 2.75) is 19.3 Å². The second kappa shape index (κ2) is 9.05. The number of rotatable bonds is 6. The van der Waals surface area contributed by atoms with Crippen molar-refractivity contribution in [3.8, 4) is 34.5 Å². The van der Waals surface area contributed by atoms with E-state index in [1.165, 1.54) is 4.68 Å². The highest BCUT2D eigenvalue weighted by Crippen LogP contribution is 2.42. The summed E-state index contributed by atoms with van der Waals surface area (Å²) in [6.07, 6.45) is 1.86. The highest BCUT2D eigenvalue weighted by atomic mass is 16.5. The van der Waals surface area contributed by atoms with E-state index in [9.17, 15) is 4.79 Å². The summed E-state index contributed by atoms with van der Waals surface area (Å²) >= 11 is 0. The normalized spacial score (nSPS) is 14.7. The van der Waals surface area contributed by atoms with E-state index in [2.05, 4.69) is 25.6 Å². The van der Waals surface area contributed by atoms with Crippen molar-refractivity contribution < 1.29 is 19.0 Å². The highest BCUT2D eigenvalue weighted by Gasteiger charge is 2.33. The number of nitrogens with zero attached hydrogens (tertiary/aromatic N) is 5. The lowest BCUT2D eigenvalue weighted by Crippen LogP contribution is -2.25. The number of fused-ring (bicyclic) bond motifs is 1. The Labute approximate surface area is 201 Å². The minimum absolute atomic E-state index is 0.127. The summed E-state index contributed by atoms with van der Waals surface area (Å²) in [5.41, 5.74) is 4.06. The topological polar surface area (TPSA) is 113 Å². The van der Waals surface area contributed by atoms with Gasteiger partial charge in [0.2, 0.25) is 5.91 Å². The zero-order valence-corrected chi connectivity index (χ0v) is 19.8. The minimum atomic E-state index is -0.218. The monoisotopic (exact) mass is 472 g/mol. The maximum Gasteiger partial charge on any atom is 0.272 e. The molecule has 1 aliphatic heterocycles. The molecule has 10 nitrogen and oxygen atoms in total. The van der Waals surface area contributed by atoms with Gasteiger partial charge in [-0.2, -0.15) is 14.9 Å². The molecule has 0 saturated heterocycles. The van der Waals surface area contributed by atoms with Gasteiger partial charge in [-0.05, 0) is 48.9 Å². The Morgan fingerprint density at radius 2 is 1.77 bits per heavy atom. The lowest BCUT2D eigenvalue weighted by atomic mass is 9.85. The van der Waals surface area contributed by atoms with Gasteiger partial charge in [0.25, 0.3) is 5.95 Å². The first-order chi connectivity index (χ1) is 17.0. The van der Waals surface area contributed by atoms with Crippen LogP contribution in [0.3, 0.4) is 0 Å². The summed E-state index contributed by atoms with van der Waals surface area (Å²) in [4.78, 5) is 17.4. The number of aromatic nitrogens is 5. The molecule has 0 bridgehead atoms. The number of carbonyl (C=O) groups excluding carboxylic acids is 1. The molecular formula is C25H24N6O4. The molecule has 1 N–H and O–H groups in total. The molecular weight excluding hydrogens is 448 g/mol. The van der Waals surface area contributed by atoms with Crippen LogP contribution < -0.4 is 19.5 Å². The van der Waals surface area contributed by atoms with Crippen LogP contribution in [-0.4, -0.2) is 52.2 Å². The maximum atomic E-state index is 12.8. The number of amides is 1. The summed E-state index contributed by atoms with van der Waals surface area (Å²) in [6, 6.07) is 13.2. The van der Waals surface area contributed by atoms with Gasteiger partial charge in [-0.1, -0.05) is 6.07 Å². The molecule has 5 rings (SSSR count). The number of ether oxygens (including phenoxy) is 3. The molecule has 4 aromatic rings. The van der Waals surface area contributed by atoms with Crippen LogP contribution in [0.25, 0.3) is 17.2 Å². The van der Waals surface area contributed by atoms with Gasteiger partial charge in [0.15, 0.2) is 11.5 Å². The highest BCUT2D eigenvalue weighted by molar-refractivity contribution is 5.95. The Hall–Kier alpha value is -4.47. The molecule has 3 heterocycles. The van der Waals surface area contributed by atoms with Crippen LogP contribution >= 0.6 is 0 Å². The van der Waals surface area contributed by atoms with Crippen LogP contribution in [0.4, 0.5) is 5.82 Å². The Morgan fingerprint density at radius 1 is 1.00 bits per heavy atom. The smallest absolute Gasteiger partial charge is 0.272 e. The molecule has 0 unspecified atom stereocenters. The van der Waals surface area contributed by atoms with Crippen molar-refractivity contribution in [2.24, 2.45) is 0 Å². The number of anilines is 1. The van der Waals surface area contributed by atoms with Gasteiger partial charge in [0.05, 0.1) is 38.9 Å². The summed E-state index contributed by atoms with van der Waals surface area (Å²) in [7, 11) is 4.79. The van der Waals surface area contributed by atoms with Crippen molar-refractivity contribution in [2.75, 3.05) is 26.6 Å². The van der Waals surface area contributed by atoms with E-state index >= 15 is 0 Å². The van der Waals surface area contributed by atoms with Gasteiger partial charge in [-0.3, -0.25) is 4.79 Å². The number of methoxy groups -OCH3 is 3. The molecule has 35 heavy (non-hydrogen) atoms. The third kappa shape index (κ3) is 4.03. The minimum Gasteiger partial charge on any atom is -0.497 e. The Bertz CT molecular complexity index is 1400. The average molecular weight is 473 g/mol. The van der Waals surface area contributed by atoms with Gasteiger partial charge >= 0.3 is 0 Å².